The fraction of sp³-hybridized carbons (Fsp3) is 0.409. The number of nitrogens with one attached hydrogen (secondary N) is 1. The van der Waals surface area contributed by atoms with Crippen molar-refractivity contribution in [2.45, 2.75) is 44.6 Å². The smallest absolute Gasteiger partial charge is 0.258 e. The number of fused-ring (bicyclic) bond motifs is 1. The molecule has 0 spiro atoms. The molecule has 1 aromatic carbocycles. The van der Waals surface area contributed by atoms with E-state index in [9.17, 15) is 4.79 Å². The van der Waals surface area contributed by atoms with Gasteiger partial charge in [0.05, 0.1) is 10.9 Å². The molecule has 7 heteroatoms. The summed E-state index contributed by atoms with van der Waals surface area (Å²) in [5.74, 6) is 1.68. The largest absolute Gasteiger partial charge is 0.442 e. The van der Waals surface area contributed by atoms with Gasteiger partial charge in [-0.2, -0.15) is 0 Å². The van der Waals surface area contributed by atoms with Crippen molar-refractivity contribution in [2.24, 2.45) is 0 Å². The SMILES string of the molecule is Cc1oc2ncnc(NC3(C)CC3)c2c1C(=O)N1CCC(c2ccc(I)cc2)C1. The number of nitrogens with zero attached hydrogens (tertiary/aromatic N) is 3. The second-order valence-electron chi connectivity index (χ2n) is 8.41. The number of hydrogen-bond acceptors (Lipinski definition) is 5. The van der Waals surface area contributed by atoms with Crippen LogP contribution in [0, 0.1) is 10.5 Å². The summed E-state index contributed by atoms with van der Waals surface area (Å²) in [4.78, 5) is 24.1. The number of rotatable bonds is 4. The Morgan fingerprint density at radius 1 is 1.28 bits per heavy atom. The van der Waals surface area contributed by atoms with Gasteiger partial charge in [0.2, 0.25) is 5.71 Å². The fourth-order valence-electron chi connectivity index (χ4n) is 4.10. The Bertz CT molecular complexity index is 1090. The van der Waals surface area contributed by atoms with E-state index in [-0.39, 0.29) is 11.4 Å². The molecule has 3 aromatic rings. The zero-order chi connectivity index (χ0) is 20.2. The van der Waals surface area contributed by atoms with Crippen molar-refractivity contribution in [1.29, 1.82) is 0 Å². The van der Waals surface area contributed by atoms with E-state index in [0.29, 0.717) is 34.2 Å². The van der Waals surface area contributed by atoms with Gasteiger partial charge in [-0.3, -0.25) is 4.79 Å². The Kier molecular flexibility index (Phi) is 4.53. The predicted octanol–water partition coefficient (Wildman–Crippen LogP) is 4.73. The van der Waals surface area contributed by atoms with Crippen LogP contribution in [0.2, 0.25) is 0 Å². The maximum absolute atomic E-state index is 13.5. The van der Waals surface area contributed by atoms with Crippen LogP contribution in [-0.4, -0.2) is 39.4 Å². The summed E-state index contributed by atoms with van der Waals surface area (Å²) in [6, 6.07) is 8.60. The van der Waals surface area contributed by atoms with Gasteiger partial charge in [-0.05, 0) is 73.4 Å². The first-order valence-corrected chi connectivity index (χ1v) is 11.1. The van der Waals surface area contributed by atoms with Crippen LogP contribution < -0.4 is 5.32 Å². The van der Waals surface area contributed by atoms with Crippen LogP contribution in [0.4, 0.5) is 5.82 Å². The molecule has 5 rings (SSSR count). The minimum Gasteiger partial charge on any atom is -0.442 e. The number of hydrogen-bond donors (Lipinski definition) is 1. The number of anilines is 1. The molecular formula is C22H23IN4O2. The van der Waals surface area contributed by atoms with Crippen molar-refractivity contribution in [3.63, 3.8) is 0 Å². The van der Waals surface area contributed by atoms with E-state index in [1.54, 1.807) is 0 Å². The molecule has 1 saturated heterocycles. The Labute approximate surface area is 183 Å². The van der Waals surface area contributed by atoms with E-state index in [1.807, 2.05) is 11.8 Å². The Balaban J connectivity index is 1.45. The second-order valence-corrected chi connectivity index (χ2v) is 9.66. The van der Waals surface area contributed by atoms with Crippen LogP contribution in [0.15, 0.2) is 35.0 Å². The van der Waals surface area contributed by atoms with Crippen molar-refractivity contribution in [2.75, 3.05) is 18.4 Å². The van der Waals surface area contributed by atoms with E-state index in [2.05, 4.69) is 69.1 Å². The molecule has 0 radical (unpaired) electrons. The monoisotopic (exact) mass is 502 g/mol. The highest BCUT2D eigenvalue weighted by atomic mass is 127. The molecule has 1 aliphatic carbocycles. The fourth-order valence-corrected chi connectivity index (χ4v) is 4.46. The van der Waals surface area contributed by atoms with Gasteiger partial charge in [0.1, 0.15) is 17.9 Å². The number of carbonyl (C=O) groups excluding carboxylic acids is 1. The van der Waals surface area contributed by atoms with Gasteiger partial charge in [0.25, 0.3) is 5.91 Å². The highest BCUT2D eigenvalue weighted by molar-refractivity contribution is 14.1. The summed E-state index contributed by atoms with van der Waals surface area (Å²) in [5, 5.41) is 4.20. The molecule has 6 nitrogen and oxygen atoms in total. The van der Waals surface area contributed by atoms with Gasteiger partial charge in [-0.15, -0.1) is 0 Å². The number of furan rings is 1. The van der Waals surface area contributed by atoms with Crippen molar-refractivity contribution in [1.82, 2.24) is 14.9 Å². The van der Waals surface area contributed by atoms with Crippen LogP contribution in [0.5, 0.6) is 0 Å². The molecule has 2 aliphatic rings. The average Bonchev–Trinajstić information content (AvgIpc) is 3.11. The maximum atomic E-state index is 13.5. The molecule has 1 saturated carbocycles. The van der Waals surface area contributed by atoms with Crippen LogP contribution >= 0.6 is 22.6 Å². The number of halogens is 1. The van der Waals surface area contributed by atoms with Gasteiger partial charge >= 0.3 is 0 Å². The van der Waals surface area contributed by atoms with Crippen molar-refractivity contribution < 1.29 is 9.21 Å². The van der Waals surface area contributed by atoms with E-state index < -0.39 is 0 Å². The molecule has 2 aromatic heterocycles. The third kappa shape index (κ3) is 3.49. The molecule has 1 aliphatic heterocycles. The lowest BCUT2D eigenvalue weighted by molar-refractivity contribution is 0.0790. The molecule has 1 atom stereocenters. The number of aryl methyl sites for hydroxylation is 1. The van der Waals surface area contributed by atoms with E-state index in [1.165, 1.54) is 15.5 Å². The Morgan fingerprint density at radius 2 is 2.03 bits per heavy atom. The minimum atomic E-state index is 0.00746. The van der Waals surface area contributed by atoms with Crippen molar-refractivity contribution >= 4 is 45.4 Å². The summed E-state index contributed by atoms with van der Waals surface area (Å²) in [6.07, 6.45) is 4.67. The van der Waals surface area contributed by atoms with Gasteiger partial charge in [-0.25, -0.2) is 9.97 Å². The summed E-state index contributed by atoms with van der Waals surface area (Å²) in [7, 11) is 0. The molecule has 3 heterocycles. The topological polar surface area (TPSA) is 71.3 Å². The van der Waals surface area contributed by atoms with Gasteiger partial charge in [0, 0.05) is 28.1 Å². The predicted molar refractivity (Wildman–Crippen MR) is 120 cm³/mol. The first kappa shape index (κ1) is 18.8. The van der Waals surface area contributed by atoms with Crippen LogP contribution in [0.25, 0.3) is 11.1 Å². The Morgan fingerprint density at radius 3 is 2.76 bits per heavy atom. The quantitative estimate of drug-likeness (QED) is 0.523. The number of carbonyl (C=O) groups is 1. The van der Waals surface area contributed by atoms with Gasteiger partial charge < -0.3 is 14.6 Å². The molecule has 2 fully saturated rings. The lowest BCUT2D eigenvalue weighted by Gasteiger charge is -2.18. The van der Waals surface area contributed by atoms with Gasteiger partial charge in [-0.1, -0.05) is 12.1 Å². The lowest BCUT2D eigenvalue weighted by atomic mass is 9.99. The first-order chi connectivity index (χ1) is 13.9. The van der Waals surface area contributed by atoms with Crippen LogP contribution in [0.3, 0.4) is 0 Å². The average molecular weight is 502 g/mol. The van der Waals surface area contributed by atoms with Crippen LogP contribution in [0.1, 0.15) is 53.8 Å². The molecule has 1 N–H and O–H groups in total. The summed E-state index contributed by atoms with van der Waals surface area (Å²) >= 11 is 2.32. The van der Waals surface area contributed by atoms with E-state index in [4.69, 9.17) is 4.42 Å². The Hall–Kier alpha value is -2.16. The molecule has 1 unspecified atom stereocenters. The first-order valence-electron chi connectivity index (χ1n) is 10.0. The minimum absolute atomic E-state index is 0.00746. The van der Waals surface area contributed by atoms with Crippen molar-refractivity contribution in [3.05, 3.63) is 51.1 Å². The number of benzene rings is 1. The maximum Gasteiger partial charge on any atom is 0.258 e. The second kappa shape index (κ2) is 6.97. The van der Waals surface area contributed by atoms with Gasteiger partial charge in [0.15, 0.2) is 0 Å². The molecule has 150 valence electrons. The third-order valence-corrected chi connectivity index (χ3v) is 6.83. The lowest BCUT2D eigenvalue weighted by Crippen LogP contribution is -2.29. The number of aromatic nitrogens is 2. The van der Waals surface area contributed by atoms with Crippen LogP contribution in [-0.2, 0) is 0 Å². The normalized spacial score (nSPS) is 20.2. The summed E-state index contributed by atoms with van der Waals surface area (Å²) < 4.78 is 7.06. The number of amides is 1. The zero-order valence-corrected chi connectivity index (χ0v) is 18.7. The summed E-state index contributed by atoms with van der Waals surface area (Å²) in [5.41, 5.74) is 2.41. The van der Waals surface area contributed by atoms with E-state index >= 15 is 0 Å². The molecule has 29 heavy (non-hydrogen) atoms. The summed E-state index contributed by atoms with van der Waals surface area (Å²) in [6.45, 7) is 5.47. The third-order valence-electron chi connectivity index (χ3n) is 6.12. The molecular weight excluding hydrogens is 479 g/mol. The standard InChI is InChI=1S/C22H23IN4O2/c1-13-17(18-19(26-22(2)8-9-22)24-12-25-20(18)29-13)21(28)27-10-7-15(11-27)14-3-5-16(23)6-4-14/h3-6,12,15H,7-11H2,1-2H3,(H,24,25,26). The molecule has 1 amide bonds. The zero-order valence-electron chi connectivity index (χ0n) is 16.5. The highest BCUT2D eigenvalue weighted by Gasteiger charge is 2.39. The van der Waals surface area contributed by atoms with Crippen molar-refractivity contribution in [3.8, 4) is 0 Å². The molecule has 0 bridgehead atoms. The van der Waals surface area contributed by atoms with E-state index in [0.717, 1.165) is 32.4 Å². The highest BCUT2D eigenvalue weighted by Crippen LogP contribution is 2.40. The number of likely N-dealkylation sites (tertiary alicyclic amines) is 1.